The van der Waals surface area contributed by atoms with Crippen molar-refractivity contribution in [2.24, 2.45) is 20.5 Å². The molecule has 46 heteroatoms. The number of fused-ring (bicyclic) bond motifs is 2. The molecule has 8 rings (SSSR count). The number of nitrogens with zero attached hydrogens (tertiary/aromatic N) is 10. The fourth-order valence-corrected chi connectivity index (χ4v) is 11.9. The van der Waals surface area contributed by atoms with Gasteiger partial charge in [0.25, 0.3) is 30.4 Å². The van der Waals surface area contributed by atoms with Gasteiger partial charge in [0.2, 0.25) is 35.6 Å². The van der Waals surface area contributed by atoms with E-state index in [0.29, 0.717) is 49.8 Å². The van der Waals surface area contributed by atoms with E-state index in [2.05, 4.69) is 111 Å². The van der Waals surface area contributed by atoms with Crippen LogP contribution >= 0.6 is 36.1 Å². The molecule has 2 heterocycles. The van der Waals surface area contributed by atoms with Gasteiger partial charge in [-0.25, -0.2) is 15.8 Å². The molecule has 0 fully saturated rings. The zero-order valence-corrected chi connectivity index (χ0v) is 53.2. The number of hydrogen-bond acceptors (Lipinski definition) is 38. The number of azo groups is 2. The number of aromatic hydroxyl groups is 4. The van der Waals surface area contributed by atoms with Gasteiger partial charge in [0.15, 0.2) is 11.5 Å². The summed E-state index contributed by atoms with van der Waals surface area (Å²) in [6.07, 6.45) is 5.59. The minimum Gasteiger partial charge on any atom is -0.505 e. The van der Waals surface area contributed by atoms with Crippen LogP contribution in [0.4, 0.5) is 57.9 Å². The second-order valence-corrected chi connectivity index (χ2v) is 25.7. The van der Waals surface area contributed by atoms with E-state index >= 15 is 0 Å². The lowest BCUT2D eigenvalue weighted by Gasteiger charge is -2.15. The predicted molar refractivity (Wildman–Crippen MR) is 333 cm³/mol. The van der Waals surface area contributed by atoms with E-state index in [0.717, 1.165) is 56.0 Å². The smallest absolute Gasteiger partial charge is 0.320 e. The molecule has 0 radical (unpaired) electrons. The SMILES string of the molecule is O=C(CCCCCCCCCCC(=O)NNc1nc(O)nc(Nc2cc(SOOO)cc3cc(S(=O)(=O)O)c(N=Nc4ccccc4SOOO)c(O)c23)n1)NNc1nc(O)nc(Nc2cc(S(=O)(=O)O)cc3cc(SOOO)c(N=Nc4ccccc4S(=O)(=O)O)c(O)c23)n1. The van der Waals surface area contributed by atoms with Crippen LogP contribution in [0.2, 0.25) is 0 Å². The number of unbranched alkanes of at least 4 members (excludes halogenated alkanes) is 7. The maximum absolute atomic E-state index is 12.8. The molecular weight excluding hydrogens is 1400 g/mol. The number of rotatable bonds is 35. The highest BCUT2D eigenvalue weighted by Crippen LogP contribution is 2.49. The lowest BCUT2D eigenvalue weighted by Crippen LogP contribution is -2.30. The third kappa shape index (κ3) is 20.2. The summed E-state index contributed by atoms with van der Waals surface area (Å²) in [6, 6.07) is 15.5. The van der Waals surface area contributed by atoms with Crippen LogP contribution in [0, 0.1) is 0 Å². The number of phenols is 2. The van der Waals surface area contributed by atoms with Crippen molar-refractivity contribution < 1.29 is 113 Å². The normalized spacial score (nSPS) is 12.0. The third-order valence-electron chi connectivity index (χ3n) is 12.7. The predicted octanol–water partition coefficient (Wildman–Crippen LogP) is 10.0. The highest BCUT2D eigenvalue weighted by Gasteiger charge is 2.27. The zero-order chi connectivity index (χ0) is 69.2. The van der Waals surface area contributed by atoms with Gasteiger partial charge < -0.3 is 31.1 Å². The summed E-state index contributed by atoms with van der Waals surface area (Å²) in [7, 11) is -14.9. The number of carbonyl (C=O) groups excluding carboxylic acids is 2. The number of carbonyl (C=O) groups is 2. The molecule has 0 saturated carbocycles. The van der Waals surface area contributed by atoms with Crippen LogP contribution < -0.4 is 32.3 Å². The van der Waals surface area contributed by atoms with Gasteiger partial charge in [-0.3, -0.25) is 45.0 Å². The van der Waals surface area contributed by atoms with Crippen LogP contribution in [-0.2, 0) is 68.1 Å². The Morgan fingerprint density at radius 3 is 1.47 bits per heavy atom. The Morgan fingerprint density at radius 2 is 0.917 bits per heavy atom. The number of nitrogens with one attached hydrogen (secondary N) is 6. The summed E-state index contributed by atoms with van der Waals surface area (Å²) in [5, 5.41) is 102. The first kappa shape index (κ1) is 72.6. The lowest BCUT2D eigenvalue weighted by atomic mass is 10.1. The number of hydrazine groups is 2. The summed E-state index contributed by atoms with van der Waals surface area (Å²) < 4.78 is 118. The van der Waals surface area contributed by atoms with Gasteiger partial charge in [0, 0.05) is 28.5 Å². The zero-order valence-electron chi connectivity index (χ0n) is 48.3. The number of benzene rings is 6. The van der Waals surface area contributed by atoms with Gasteiger partial charge in [-0.15, -0.1) is 33.5 Å². The molecule has 6 aromatic carbocycles. The quantitative estimate of drug-likeness (QED) is 0.00438. The summed E-state index contributed by atoms with van der Waals surface area (Å²) in [6.45, 7) is 0. The Hall–Kier alpha value is -9.18. The molecule has 96 heavy (non-hydrogen) atoms. The molecule has 16 N–H and O–H groups in total. The van der Waals surface area contributed by atoms with Crippen molar-refractivity contribution in [2.75, 3.05) is 21.5 Å². The summed E-state index contributed by atoms with van der Waals surface area (Å²) in [5.41, 5.74) is 7.67. The molecule has 0 unspecified atom stereocenters. The van der Waals surface area contributed by atoms with Gasteiger partial charge >= 0.3 is 12.0 Å². The first-order chi connectivity index (χ1) is 45.8. The molecule has 0 bridgehead atoms. The summed E-state index contributed by atoms with van der Waals surface area (Å²) in [4.78, 5) is 46.6. The average Bonchev–Trinajstić information content (AvgIpc) is 0.761. The van der Waals surface area contributed by atoms with Crippen LogP contribution in [-0.4, -0.2) is 117 Å². The van der Waals surface area contributed by atoms with Gasteiger partial charge in [-0.1, -0.05) is 77.9 Å². The van der Waals surface area contributed by atoms with Crippen molar-refractivity contribution >= 4 is 158 Å². The molecule has 8 aromatic rings. The average molecular weight is 1450 g/mol. The molecule has 2 aromatic heterocycles. The fraction of sp³-hybridized carbons (Fsp3) is 0.200. The minimum absolute atomic E-state index is 0.0387. The third-order valence-corrected chi connectivity index (χ3v) is 17.2. The van der Waals surface area contributed by atoms with E-state index in [9.17, 15) is 68.9 Å². The maximum Gasteiger partial charge on any atom is 0.320 e. The maximum atomic E-state index is 12.8. The molecule has 0 aliphatic heterocycles. The molecule has 510 valence electrons. The number of amides is 2. The van der Waals surface area contributed by atoms with Crippen molar-refractivity contribution in [1.29, 1.82) is 0 Å². The molecule has 2 amide bonds. The van der Waals surface area contributed by atoms with E-state index in [1.165, 1.54) is 48.5 Å². The number of aromatic nitrogens is 6. The number of anilines is 6. The van der Waals surface area contributed by atoms with Crippen molar-refractivity contribution in [3.05, 3.63) is 84.9 Å². The van der Waals surface area contributed by atoms with E-state index in [1.807, 2.05) is 0 Å². The second kappa shape index (κ2) is 33.5. The summed E-state index contributed by atoms with van der Waals surface area (Å²) in [5.74, 6) is -4.31. The molecule has 0 aliphatic carbocycles. The van der Waals surface area contributed by atoms with E-state index in [-0.39, 0.29) is 89.8 Å². The molecule has 0 aliphatic rings. The van der Waals surface area contributed by atoms with Crippen LogP contribution in [0.5, 0.6) is 23.5 Å². The Morgan fingerprint density at radius 1 is 0.458 bits per heavy atom. The Labute approximate surface area is 552 Å². The van der Waals surface area contributed by atoms with Crippen molar-refractivity contribution in [3.63, 3.8) is 0 Å². The summed E-state index contributed by atoms with van der Waals surface area (Å²) >= 11 is 1.16. The molecule has 0 spiro atoms. The van der Waals surface area contributed by atoms with Gasteiger partial charge in [-0.2, -0.15) is 55.2 Å². The largest absolute Gasteiger partial charge is 0.505 e. The standard InChI is InChI=1S/C50H50N16O24S6/c67-37(61-65-47-53-45(55-49(71)57-47)51-31-23-27(91-88-85-73)19-25-22-36(96(82,83)84)42(44(70)39(25)31)64-59-29-13-9-11-15-33(29)92-89-86-74)17-7-5-3-1-2-4-6-8-18-38(68)62-66-48-54-46(56-50(72)58-48)52-32-24-28(94(76,77)78)20-26-21-34(93-90-87-75)41(43(69)40(26)32)63-60-30-14-10-12-16-35(30)95(79,80)81/h9-16,19-24,69-70,73-75H,1-8,17-18H2,(H,61,67)(H,62,68)(H,76,77,78)(H,79,80,81)(H,82,83,84)(H3,51,53,55,57,65,71)(H3,52,54,56,58,66,72). The minimum atomic E-state index is -5.13. The van der Waals surface area contributed by atoms with Gasteiger partial charge in [0.05, 0.1) is 62.2 Å². The highest BCUT2D eigenvalue weighted by molar-refractivity contribution is 7.95. The van der Waals surface area contributed by atoms with Crippen LogP contribution in [0.1, 0.15) is 64.2 Å². The Balaban J connectivity index is 0.802. The number of hydrogen-bond donors (Lipinski definition) is 16. The second-order valence-electron chi connectivity index (χ2n) is 19.2. The Bertz CT molecular complexity index is 4590. The van der Waals surface area contributed by atoms with Crippen molar-refractivity contribution in [3.8, 4) is 23.5 Å². The monoisotopic (exact) mass is 1450 g/mol. The van der Waals surface area contributed by atoms with Gasteiger partial charge in [-0.05, 0) is 84.3 Å². The fourth-order valence-electron chi connectivity index (χ4n) is 8.70. The first-order valence-corrected chi connectivity index (χ1v) is 33.5. The highest BCUT2D eigenvalue weighted by atomic mass is 32.2. The van der Waals surface area contributed by atoms with E-state index < -0.39 is 110 Å². The van der Waals surface area contributed by atoms with Gasteiger partial charge in [0.1, 0.15) is 32.5 Å². The van der Waals surface area contributed by atoms with Crippen LogP contribution in [0.25, 0.3) is 21.5 Å². The van der Waals surface area contributed by atoms with E-state index in [1.54, 1.807) is 6.07 Å². The van der Waals surface area contributed by atoms with E-state index in [4.69, 9.17) is 15.8 Å². The topological polar surface area (TPSA) is 593 Å². The van der Waals surface area contributed by atoms with Crippen molar-refractivity contribution in [2.45, 2.75) is 93.6 Å². The molecular formula is C50H50N16O24S6. The van der Waals surface area contributed by atoms with Crippen molar-refractivity contribution in [1.82, 2.24) is 40.8 Å². The molecule has 0 saturated heterocycles. The molecule has 0 atom stereocenters. The Kier molecular flexibility index (Phi) is 25.3. The van der Waals surface area contributed by atoms with Crippen LogP contribution in [0.3, 0.4) is 0 Å². The lowest BCUT2D eigenvalue weighted by molar-refractivity contribution is -0.432. The number of phenolic OH excluding ortho intramolecular Hbond substituents is 2. The van der Waals surface area contributed by atoms with Crippen LogP contribution in [0.15, 0.2) is 135 Å². The molecule has 40 nitrogen and oxygen atoms in total. The first-order valence-electron chi connectivity index (χ1n) is 26.9.